The van der Waals surface area contributed by atoms with Crippen molar-refractivity contribution in [3.05, 3.63) is 165 Å². The van der Waals surface area contributed by atoms with Crippen molar-refractivity contribution in [1.29, 1.82) is 0 Å². The summed E-state index contributed by atoms with van der Waals surface area (Å²) in [5.74, 6) is 0. The Kier molecular flexibility index (Phi) is 6.89. The van der Waals surface area contributed by atoms with Gasteiger partial charge in [-0.1, -0.05) is 72.8 Å². The van der Waals surface area contributed by atoms with E-state index < -0.39 is 0 Å². The lowest BCUT2D eigenvalue weighted by molar-refractivity contribution is 1.33. The van der Waals surface area contributed by atoms with Gasteiger partial charge in [0.05, 0.1) is 0 Å². The molecular weight excluding hydrogens is 510 g/mol. The third kappa shape index (κ3) is 5.36. The lowest BCUT2D eigenvalue weighted by Gasteiger charge is -2.14. The molecule has 42 heavy (non-hydrogen) atoms. The van der Waals surface area contributed by atoms with Gasteiger partial charge in [-0.05, 0) is 105 Å². The number of hydrogen-bond acceptors (Lipinski definition) is 3. The summed E-state index contributed by atoms with van der Waals surface area (Å²) in [6.07, 6.45) is 11.2. The van der Waals surface area contributed by atoms with Crippen LogP contribution in [0.3, 0.4) is 0 Å². The Hall–Kier alpha value is -5.67. The summed E-state index contributed by atoms with van der Waals surface area (Å²) >= 11 is 0. The quantitative estimate of drug-likeness (QED) is 0.212. The molecule has 0 saturated carbocycles. The van der Waals surface area contributed by atoms with E-state index in [-0.39, 0.29) is 0 Å². The zero-order valence-electron chi connectivity index (χ0n) is 22.9. The predicted molar refractivity (Wildman–Crippen MR) is 172 cm³/mol. The molecule has 7 aromatic rings. The first-order chi connectivity index (χ1) is 20.8. The molecule has 3 aromatic heterocycles. The largest absolute Gasteiger partial charge is 0.264 e. The topological polar surface area (TPSA) is 38.7 Å². The number of benzene rings is 4. The molecular formula is C39H27N3. The Morgan fingerprint density at radius 3 is 0.738 bits per heavy atom. The monoisotopic (exact) mass is 537 g/mol. The molecule has 3 heteroatoms. The fourth-order valence-electron chi connectivity index (χ4n) is 5.36. The van der Waals surface area contributed by atoms with Gasteiger partial charge in [0.2, 0.25) is 0 Å². The van der Waals surface area contributed by atoms with E-state index in [1.54, 1.807) is 0 Å². The zero-order chi connectivity index (χ0) is 28.1. The molecule has 0 aliphatic carbocycles. The smallest absolute Gasteiger partial charge is 0.0346 e. The minimum atomic E-state index is 1.10. The van der Waals surface area contributed by atoms with E-state index in [0.29, 0.717) is 0 Å². The van der Waals surface area contributed by atoms with Crippen molar-refractivity contribution < 1.29 is 0 Å². The second-order valence-corrected chi connectivity index (χ2v) is 10.3. The molecule has 0 aliphatic rings. The molecule has 0 radical (unpaired) electrons. The summed E-state index contributed by atoms with van der Waals surface area (Å²) in [5.41, 5.74) is 13.7. The van der Waals surface area contributed by atoms with E-state index in [0.717, 1.165) is 66.8 Å². The third-order valence-electron chi connectivity index (χ3n) is 7.51. The van der Waals surface area contributed by atoms with Gasteiger partial charge >= 0.3 is 0 Å². The van der Waals surface area contributed by atoms with E-state index >= 15 is 0 Å². The first kappa shape index (κ1) is 25.3. The number of nitrogens with zero attached hydrogens (tertiary/aromatic N) is 3. The summed E-state index contributed by atoms with van der Waals surface area (Å²) in [6.45, 7) is 0. The van der Waals surface area contributed by atoms with Crippen molar-refractivity contribution in [2.45, 2.75) is 0 Å². The first-order valence-corrected chi connectivity index (χ1v) is 14.0. The van der Waals surface area contributed by atoms with Crippen LogP contribution in [0.2, 0.25) is 0 Å². The van der Waals surface area contributed by atoms with Gasteiger partial charge in [-0.15, -0.1) is 0 Å². The molecule has 0 unspecified atom stereocenters. The number of hydrogen-bond donors (Lipinski definition) is 0. The second-order valence-electron chi connectivity index (χ2n) is 10.3. The molecule has 0 amide bonds. The van der Waals surface area contributed by atoms with Gasteiger partial charge < -0.3 is 0 Å². The van der Waals surface area contributed by atoms with Crippen LogP contribution in [0.1, 0.15) is 0 Å². The minimum absolute atomic E-state index is 1.10. The lowest BCUT2D eigenvalue weighted by atomic mass is 9.91. The number of aromatic nitrogens is 3. The molecule has 0 N–H and O–H groups in total. The zero-order valence-corrected chi connectivity index (χ0v) is 22.9. The Bertz CT molecular complexity index is 1720. The van der Waals surface area contributed by atoms with Crippen LogP contribution >= 0.6 is 0 Å². The molecule has 3 heterocycles. The molecule has 7 rings (SSSR count). The maximum absolute atomic E-state index is 4.33. The lowest BCUT2D eigenvalue weighted by Crippen LogP contribution is -1.89. The fourth-order valence-corrected chi connectivity index (χ4v) is 5.36. The molecule has 4 aromatic carbocycles. The summed E-state index contributed by atoms with van der Waals surface area (Å²) in [5, 5.41) is 0. The van der Waals surface area contributed by atoms with Gasteiger partial charge in [0.15, 0.2) is 0 Å². The molecule has 0 spiro atoms. The molecule has 0 bridgehead atoms. The Morgan fingerprint density at radius 2 is 0.476 bits per heavy atom. The van der Waals surface area contributed by atoms with Crippen LogP contribution in [-0.4, -0.2) is 15.0 Å². The van der Waals surface area contributed by atoms with E-state index in [1.807, 2.05) is 55.4 Å². The van der Waals surface area contributed by atoms with E-state index in [4.69, 9.17) is 0 Å². The van der Waals surface area contributed by atoms with Crippen molar-refractivity contribution in [1.82, 2.24) is 15.0 Å². The van der Waals surface area contributed by atoms with Gasteiger partial charge in [0.25, 0.3) is 0 Å². The number of pyridine rings is 3. The highest BCUT2D eigenvalue weighted by Crippen LogP contribution is 2.36. The van der Waals surface area contributed by atoms with Crippen LogP contribution < -0.4 is 0 Å². The molecule has 3 nitrogen and oxygen atoms in total. The average molecular weight is 538 g/mol. The van der Waals surface area contributed by atoms with Gasteiger partial charge in [-0.25, -0.2) is 0 Å². The molecule has 0 fully saturated rings. The Labute approximate surface area is 245 Å². The van der Waals surface area contributed by atoms with Gasteiger partial charge in [-0.3, -0.25) is 15.0 Å². The van der Waals surface area contributed by atoms with E-state index in [1.165, 1.54) is 0 Å². The fraction of sp³-hybridized carbons (Fsp3) is 0. The second kappa shape index (κ2) is 11.4. The summed E-state index contributed by atoms with van der Waals surface area (Å²) in [4.78, 5) is 13.0. The highest BCUT2D eigenvalue weighted by Gasteiger charge is 2.11. The third-order valence-corrected chi connectivity index (χ3v) is 7.51. The van der Waals surface area contributed by atoms with Gasteiger partial charge in [-0.2, -0.15) is 0 Å². The average Bonchev–Trinajstić information content (AvgIpc) is 3.09. The van der Waals surface area contributed by atoms with E-state index in [2.05, 4.69) is 124 Å². The molecule has 0 aliphatic heterocycles. The standard InChI is InChI=1S/C39H27N3/c1-7-28(34-13-4-16-40-25-34)19-31(10-1)37-22-38(32-11-2-8-29(20-32)35-14-5-17-41-26-35)24-39(23-37)33-12-3-9-30(21-33)36-15-6-18-42-27-36/h1-27H. The van der Waals surface area contributed by atoms with Gasteiger partial charge in [0.1, 0.15) is 0 Å². The van der Waals surface area contributed by atoms with Gasteiger partial charge in [0, 0.05) is 53.9 Å². The minimum Gasteiger partial charge on any atom is -0.264 e. The Morgan fingerprint density at radius 1 is 0.238 bits per heavy atom. The number of rotatable bonds is 6. The van der Waals surface area contributed by atoms with Crippen molar-refractivity contribution in [3.63, 3.8) is 0 Å². The van der Waals surface area contributed by atoms with Crippen LogP contribution in [0.25, 0.3) is 66.8 Å². The highest BCUT2D eigenvalue weighted by molar-refractivity contribution is 5.85. The molecule has 0 saturated heterocycles. The first-order valence-electron chi connectivity index (χ1n) is 14.0. The molecule has 198 valence electrons. The van der Waals surface area contributed by atoms with Crippen molar-refractivity contribution in [2.24, 2.45) is 0 Å². The maximum Gasteiger partial charge on any atom is 0.0346 e. The Balaban J connectivity index is 1.38. The van der Waals surface area contributed by atoms with Crippen LogP contribution in [0, 0.1) is 0 Å². The summed E-state index contributed by atoms with van der Waals surface area (Å²) in [6, 6.07) is 45.2. The maximum atomic E-state index is 4.33. The highest BCUT2D eigenvalue weighted by atomic mass is 14.6. The van der Waals surface area contributed by atoms with Crippen molar-refractivity contribution in [3.8, 4) is 66.8 Å². The van der Waals surface area contributed by atoms with Crippen molar-refractivity contribution in [2.75, 3.05) is 0 Å². The van der Waals surface area contributed by atoms with E-state index in [9.17, 15) is 0 Å². The summed E-state index contributed by atoms with van der Waals surface area (Å²) < 4.78 is 0. The summed E-state index contributed by atoms with van der Waals surface area (Å²) in [7, 11) is 0. The van der Waals surface area contributed by atoms with Crippen LogP contribution in [0.15, 0.2) is 165 Å². The normalized spacial score (nSPS) is 10.9. The molecule has 0 atom stereocenters. The SMILES string of the molecule is c1cncc(-c2cccc(-c3cc(-c4cccc(-c5cccnc5)c4)cc(-c4cccc(-c5cccnc5)c4)c3)c2)c1. The van der Waals surface area contributed by atoms with Crippen LogP contribution in [-0.2, 0) is 0 Å². The predicted octanol–water partition coefficient (Wildman–Crippen LogP) is 9.87. The van der Waals surface area contributed by atoms with Crippen LogP contribution in [0.4, 0.5) is 0 Å². The van der Waals surface area contributed by atoms with Crippen LogP contribution in [0.5, 0.6) is 0 Å². The van der Waals surface area contributed by atoms with Crippen molar-refractivity contribution >= 4 is 0 Å².